The summed E-state index contributed by atoms with van der Waals surface area (Å²) in [6, 6.07) is 4.78. The summed E-state index contributed by atoms with van der Waals surface area (Å²) in [5.74, 6) is 0.0789. The molecule has 1 aromatic carbocycles. The standard InChI is InChI=1S/C21H24F3N5O2S2/c1-6-33(30,31)17-11-14(25)16(32-20(2,3)4)10-13(17)18-27-28-19(29(18)5)15-9-12(7-8-26-15)21(22,23)24/h7-11H,6,25H2,1-5H3. The maximum Gasteiger partial charge on any atom is 0.416 e. The monoisotopic (exact) mass is 499 g/mol. The molecule has 0 aliphatic carbocycles. The number of rotatable bonds is 5. The van der Waals surface area contributed by atoms with E-state index in [4.69, 9.17) is 5.73 Å². The molecule has 0 saturated carbocycles. The van der Waals surface area contributed by atoms with Crippen LogP contribution in [0.25, 0.3) is 22.9 Å². The van der Waals surface area contributed by atoms with E-state index in [9.17, 15) is 21.6 Å². The number of nitrogens with two attached hydrogens (primary N) is 1. The van der Waals surface area contributed by atoms with Crippen LogP contribution >= 0.6 is 11.8 Å². The summed E-state index contributed by atoms with van der Waals surface area (Å²) in [5.41, 5.74) is 5.85. The van der Waals surface area contributed by atoms with Gasteiger partial charge in [-0.15, -0.1) is 22.0 Å². The van der Waals surface area contributed by atoms with E-state index in [2.05, 4.69) is 15.2 Å². The molecule has 0 atom stereocenters. The summed E-state index contributed by atoms with van der Waals surface area (Å²) < 4.78 is 66.3. The van der Waals surface area contributed by atoms with Crippen molar-refractivity contribution in [2.75, 3.05) is 11.5 Å². The van der Waals surface area contributed by atoms with E-state index in [1.165, 1.54) is 29.3 Å². The number of pyridine rings is 1. The minimum Gasteiger partial charge on any atom is -0.398 e. The van der Waals surface area contributed by atoms with Gasteiger partial charge < -0.3 is 10.3 Å². The first-order valence-electron chi connectivity index (χ1n) is 9.92. The number of aromatic nitrogens is 4. The first kappa shape index (κ1) is 25.0. The Balaban J connectivity index is 2.23. The van der Waals surface area contributed by atoms with Gasteiger partial charge >= 0.3 is 6.18 Å². The van der Waals surface area contributed by atoms with Crippen molar-refractivity contribution in [1.82, 2.24) is 19.7 Å². The second-order valence-electron chi connectivity index (χ2n) is 8.34. The van der Waals surface area contributed by atoms with E-state index in [1.54, 1.807) is 13.1 Å². The first-order chi connectivity index (χ1) is 15.1. The van der Waals surface area contributed by atoms with Gasteiger partial charge in [-0.05, 0) is 24.3 Å². The predicted octanol–water partition coefficient (Wildman–Crippen LogP) is 4.83. The third-order valence-electron chi connectivity index (χ3n) is 4.68. The van der Waals surface area contributed by atoms with Gasteiger partial charge in [0.25, 0.3) is 0 Å². The molecule has 7 nitrogen and oxygen atoms in total. The van der Waals surface area contributed by atoms with Crippen molar-refractivity contribution in [2.24, 2.45) is 7.05 Å². The number of nitrogen functional groups attached to an aromatic ring is 1. The molecule has 0 radical (unpaired) electrons. The number of benzene rings is 1. The highest BCUT2D eigenvalue weighted by Gasteiger charge is 2.32. The molecule has 3 aromatic rings. The topological polar surface area (TPSA) is 104 Å². The lowest BCUT2D eigenvalue weighted by Crippen LogP contribution is -2.11. The van der Waals surface area contributed by atoms with Crippen molar-refractivity contribution >= 4 is 27.3 Å². The van der Waals surface area contributed by atoms with Crippen LogP contribution in [-0.4, -0.2) is 38.7 Å². The van der Waals surface area contributed by atoms with Crippen LogP contribution in [0.5, 0.6) is 0 Å². The zero-order chi connectivity index (χ0) is 24.8. The largest absolute Gasteiger partial charge is 0.416 e. The molecule has 0 fully saturated rings. The van der Waals surface area contributed by atoms with E-state index in [-0.39, 0.29) is 38.3 Å². The van der Waals surface area contributed by atoms with Crippen molar-refractivity contribution in [3.63, 3.8) is 0 Å². The Morgan fingerprint density at radius 3 is 2.30 bits per heavy atom. The van der Waals surface area contributed by atoms with E-state index in [0.29, 0.717) is 10.6 Å². The van der Waals surface area contributed by atoms with E-state index < -0.39 is 21.6 Å². The highest BCUT2D eigenvalue weighted by atomic mass is 32.2. The summed E-state index contributed by atoms with van der Waals surface area (Å²) in [5, 5.41) is 8.12. The number of thioether (sulfide) groups is 1. The van der Waals surface area contributed by atoms with Gasteiger partial charge in [0.1, 0.15) is 5.69 Å². The number of hydrogen-bond acceptors (Lipinski definition) is 7. The fourth-order valence-corrected chi connectivity index (χ4v) is 5.21. The molecule has 0 bridgehead atoms. The molecule has 0 amide bonds. The zero-order valence-corrected chi connectivity index (χ0v) is 20.4. The molecule has 2 heterocycles. The highest BCUT2D eigenvalue weighted by molar-refractivity contribution is 8.00. The van der Waals surface area contributed by atoms with Gasteiger partial charge in [0, 0.05) is 34.1 Å². The minimum atomic E-state index is -4.54. The maximum atomic E-state index is 13.1. The summed E-state index contributed by atoms with van der Waals surface area (Å²) in [6.07, 6.45) is -3.50. The minimum absolute atomic E-state index is 0.0141. The Hall–Kier alpha value is -2.60. The number of halogens is 3. The molecule has 2 aromatic heterocycles. The smallest absolute Gasteiger partial charge is 0.398 e. The average molecular weight is 500 g/mol. The Morgan fingerprint density at radius 2 is 1.73 bits per heavy atom. The molecule has 2 N–H and O–H groups in total. The van der Waals surface area contributed by atoms with Crippen molar-refractivity contribution in [2.45, 2.75) is 48.4 Å². The number of nitrogens with zero attached hydrogens (tertiary/aromatic N) is 4. The van der Waals surface area contributed by atoms with Gasteiger partial charge in [-0.2, -0.15) is 13.2 Å². The van der Waals surface area contributed by atoms with Crippen molar-refractivity contribution < 1.29 is 21.6 Å². The van der Waals surface area contributed by atoms with Gasteiger partial charge in [0.2, 0.25) is 0 Å². The molecule has 0 unspecified atom stereocenters. The van der Waals surface area contributed by atoms with Crippen molar-refractivity contribution in [1.29, 1.82) is 0 Å². The molecule has 0 aliphatic heterocycles. The van der Waals surface area contributed by atoms with Gasteiger partial charge in [-0.1, -0.05) is 27.7 Å². The van der Waals surface area contributed by atoms with Crippen molar-refractivity contribution in [3.05, 3.63) is 36.0 Å². The Labute approximate surface area is 194 Å². The summed E-state index contributed by atoms with van der Waals surface area (Å²) >= 11 is 1.46. The fourth-order valence-electron chi connectivity index (χ4n) is 3.10. The number of anilines is 1. The SMILES string of the molecule is CCS(=O)(=O)c1cc(N)c(SC(C)(C)C)cc1-c1nnc(-c2cc(C(F)(F)F)ccn2)n1C. The van der Waals surface area contributed by atoms with E-state index >= 15 is 0 Å². The third kappa shape index (κ3) is 5.32. The first-order valence-corrected chi connectivity index (χ1v) is 12.4. The number of hydrogen-bond donors (Lipinski definition) is 1. The van der Waals surface area contributed by atoms with Gasteiger partial charge in [0.05, 0.1) is 16.2 Å². The van der Waals surface area contributed by atoms with Crippen LogP contribution in [0.2, 0.25) is 0 Å². The van der Waals surface area contributed by atoms with Gasteiger partial charge in [0.15, 0.2) is 21.5 Å². The van der Waals surface area contributed by atoms with Gasteiger partial charge in [-0.25, -0.2) is 8.42 Å². The molecule has 3 rings (SSSR count). The van der Waals surface area contributed by atoms with Crippen LogP contribution in [-0.2, 0) is 23.1 Å². The lowest BCUT2D eigenvalue weighted by atomic mass is 10.2. The third-order valence-corrected chi connectivity index (χ3v) is 7.63. The Morgan fingerprint density at radius 1 is 1.09 bits per heavy atom. The molecular weight excluding hydrogens is 475 g/mol. The second-order valence-corrected chi connectivity index (χ2v) is 12.5. The molecular formula is C21H24F3N5O2S2. The predicted molar refractivity (Wildman–Crippen MR) is 122 cm³/mol. The van der Waals surface area contributed by atoms with Crippen molar-refractivity contribution in [3.8, 4) is 22.9 Å². The van der Waals surface area contributed by atoms with E-state index in [1.807, 2.05) is 20.8 Å². The van der Waals surface area contributed by atoms with Gasteiger partial charge in [-0.3, -0.25) is 4.98 Å². The second kappa shape index (κ2) is 8.64. The molecule has 178 valence electrons. The summed E-state index contributed by atoms with van der Waals surface area (Å²) in [4.78, 5) is 4.64. The summed E-state index contributed by atoms with van der Waals surface area (Å²) in [7, 11) is -2.15. The highest BCUT2D eigenvalue weighted by Crippen LogP contribution is 2.41. The number of sulfone groups is 1. The Kier molecular flexibility index (Phi) is 6.55. The lowest BCUT2D eigenvalue weighted by molar-refractivity contribution is -0.137. The van der Waals surface area contributed by atoms with E-state index in [0.717, 1.165) is 18.3 Å². The summed E-state index contributed by atoms with van der Waals surface area (Å²) in [6.45, 7) is 7.50. The van der Waals surface area contributed by atoms with Crippen LogP contribution < -0.4 is 5.73 Å². The normalized spacial score (nSPS) is 12.8. The molecule has 33 heavy (non-hydrogen) atoms. The molecule has 0 saturated heterocycles. The maximum absolute atomic E-state index is 13.1. The molecule has 0 spiro atoms. The lowest BCUT2D eigenvalue weighted by Gasteiger charge is -2.20. The zero-order valence-electron chi connectivity index (χ0n) is 18.7. The molecule has 12 heteroatoms. The average Bonchev–Trinajstić information content (AvgIpc) is 3.09. The quantitative estimate of drug-likeness (QED) is 0.396. The van der Waals surface area contributed by atoms with Crippen LogP contribution in [0, 0.1) is 0 Å². The van der Waals surface area contributed by atoms with Crippen LogP contribution in [0.4, 0.5) is 18.9 Å². The number of alkyl halides is 3. The molecule has 0 aliphatic rings. The van der Waals surface area contributed by atoms with Crippen LogP contribution in [0.3, 0.4) is 0 Å². The van der Waals surface area contributed by atoms with Crippen LogP contribution in [0.15, 0.2) is 40.3 Å². The van der Waals surface area contributed by atoms with Crippen LogP contribution in [0.1, 0.15) is 33.3 Å². The fraction of sp³-hybridized carbons (Fsp3) is 0.381. The Bertz CT molecular complexity index is 1300.